The van der Waals surface area contributed by atoms with Crippen LogP contribution in [0.3, 0.4) is 0 Å². The number of carboxylic acid groups (broad SMARTS) is 1. The number of carbonyl (C=O) groups excluding carboxylic acids is 1. The Balaban J connectivity index is 4.01. The Hall–Kier alpha value is -2.01. The highest BCUT2D eigenvalue weighted by Gasteiger charge is 2.17. The van der Waals surface area contributed by atoms with Crippen molar-refractivity contribution in [3.05, 3.63) is 0 Å². The van der Waals surface area contributed by atoms with E-state index < -0.39 is 18.0 Å². The van der Waals surface area contributed by atoms with E-state index in [9.17, 15) is 9.59 Å². The van der Waals surface area contributed by atoms with Gasteiger partial charge in [0.05, 0.1) is 6.07 Å². The van der Waals surface area contributed by atoms with Gasteiger partial charge in [-0.05, 0) is 0 Å². The quantitative estimate of drug-likeness (QED) is 0.373. The van der Waals surface area contributed by atoms with Crippen LogP contribution in [0.1, 0.15) is 12.8 Å². The molecule has 5 heteroatoms. The number of carbonyl (C=O) groups is 2. The summed E-state index contributed by atoms with van der Waals surface area (Å²) in [7, 11) is 0. The van der Waals surface area contributed by atoms with E-state index in [0.29, 0.717) is 0 Å². The summed E-state index contributed by atoms with van der Waals surface area (Å²) in [6.45, 7) is 0. The number of nitriles is 1. The highest BCUT2D eigenvalue weighted by atomic mass is 16.6. The molecule has 0 amide bonds. The average molecular weight is 181 g/mol. The van der Waals surface area contributed by atoms with Crippen molar-refractivity contribution < 1.29 is 19.4 Å². The first-order chi connectivity index (χ1) is 6.11. The van der Waals surface area contributed by atoms with Gasteiger partial charge in [-0.2, -0.15) is 5.26 Å². The lowest BCUT2D eigenvalue weighted by Gasteiger charge is -2.07. The van der Waals surface area contributed by atoms with Crippen molar-refractivity contribution >= 4 is 11.9 Å². The first-order valence-corrected chi connectivity index (χ1v) is 3.38. The highest BCUT2D eigenvalue weighted by molar-refractivity contribution is 6.28. The van der Waals surface area contributed by atoms with Crippen LogP contribution in [0.4, 0.5) is 0 Å². The molecule has 0 aromatic rings. The van der Waals surface area contributed by atoms with E-state index in [2.05, 4.69) is 10.7 Å². The van der Waals surface area contributed by atoms with Crippen LogP contribution in [-0.2, 0) is 14.3 Å². The van der Waals surface area contributed by atoms with E-state index in [4.69, 9.17) is 16.8 Å². The molecule has 0 saturated carbocycles. The van der Waals surface area contributed by atoms with Gasteiger partial charge < -0.3 is 9.84 Å². The molecule has 0 rings (SSSR count). The van der Waals surface area contributed by atoms with Gasteiger partial charge in [0.2, 0.25) is 0 Å². The van der Waals surface area contributed by atoms with Crippen LogP contribution in [0.5, 0.6) is 0 Å². The molecule has 0 fully saturated rings. The van der Waals surface area contributed by atoms with Crippen LogP contribution in [0.15, 0.2) is 0 Å². The van der Waals surface area contributed by atoms with Crippen molar-refractivity contribution in [3.63, 3.8) is 0 Å². The third-order valence-corrected chi connectivity index (χ3v) is 1.13. The highest BCUT2D eigenvalue weighted by Crippen LogP contribution is 2.00. The van der Waals surface area contributed by atoms with Crippen molar-refractivity contribution in [1.82, 2.24) is 0 Å². The van der Waals surface area contributed by atoms with Gasteiger partial charge in [0.1, 0.15) is 0 Å². The normalized spacial score (nSPS) is 10.6. The second-order valence-electron chi connectivity index (χ2n) is 2.06. The number of hydrogen-bond acceptors (Lipinski definition) is 4. The number of aliphatic carboxylic acids is 1. The zero-order valence-electron chi connectivity index (χ0n) is 6.69. The summed E-state index contributed by atoms with van der Waals surface area (Å²) in [6, 6.07) is 1.80. The molecule has 68 valence electrons. The summed E-state index contributed by atoms with van der Waals surface area (Å²) in [5.41, 5.74) is 0. The van der Waals surface area contributed by atoms with Gasteiger partial charge in [-0.1, -0.05) is 5.92 Å². The van der Waals surface area contributed by atoms with Gasteiger partial charge in [-0.3, -0.25) is 0 Å². The van der Waals surface area contributed by atoms with E-state index in [1.54, 1.807) is 6.07 Å². The number of carboxylic acids is 1. The first-order valence-electron chi connectivity index (χ1n) is 3.38. The van der Waals surface area contributed by atoms with Crippen LogP contribution in [-0.4, -0.2) is 23.1 Å². The molecular formula is C8H7NO4. The molecule has 0 heterocycles. The van der Waals surface area contributed by atoms with Crippen molar-refractivity contribution in [2.24, 2.45) is 0 Å². The standard InChI is InChI=1S/C8H7NO4/c1-2-6(4-3-5-9)13-8(12)7(10)11/h1,6H,3-4H2,(H,10,11). The second kappa shape index (κ2) is 5.62. The second-order valence-corrected chi connectivity index (χ2v) is 2.06. The Bertz CT molecular complexity index is 283. The van der Waals surface area contributed by atoms with Crippen molar-refractivity contribution in [2.45, 2.75) is 18.9 Å². The van der Waals surface area contributed by atoms with Gasteiger partial charge in [-0.15, -0.1) is 6.42 Å². The summed E-state index contributed by atoms with van der Waals surface area (Å²) < 4.78 is 4.34. The maximum absolute atomic E-state index is 10.5. The summed E-state index contributed by atoms with van der Waals surface area (Å²) in [4.78, 5) is 20.5. The van der Waals surface area contributed by atoms with Gasteiger partial charge >= 0.3 is 11.9 Å². The molecule has 1 atom stereocenters. The number of esters is 1. The lowest BCUT2D eigenvalue weighted by Crippen LogP contribution is -2.22. The molecule has 13 heavy (non-hydrogen) atoms. The summed E-state index contributed by atoms with van der Waals surface area (Å²) >= 11 is 0. The van der Waals surface area contributed by atoms with Crippen LogP contribution in [0.25, 0.3) is 0 Å². The minimum atomic E-state index is -1.70. The molecule has 0 aliphatic carbocycles. The van der Waals surface area contributed by atoms with Crippen molar-refractivity contribution in [2.75, 3.05) is 0 Å². The molecule has 0 radical (unpaired) electrons. The van der Waals surface area contributed by atoms with Gasteiger partial charge in [0, 0.05) is 12.8 Å². The van der Waals surface area contributed by atoms with E-state index in [0.717, 1.165) is 0 Å². The summed E-state index contributed by atoms with van der Waals surface area (Å²) in [5.74, 6) is -1.03. The lowest BCUT2D eigenvalue weighted by atomic mass is 10.2. The fourth-order valence-corrected chi connectivity index (χ4v) is 0.552. The minimum absolute atomic E-state index is 0.113. The molecule has 0 aromatic heterocycles. The Morgan fingerprint density at radius 2 is 2.23 bits per heavy atom. The Labute approximate surface area is 74.9 Å². The molecule has 0 aromatic carbocycles. The number of nitrogens with zero attached hydrogens (tertiary/aromatic N) is 1. The SMILES string of the molecule is C#CC(CCC#N)OC(=O)C(=O)O. The Morgan fingerprint density at radius 3 is 2.62 bits per heavy atom. The monoisotopic (exact) mass is 181 g/mol. The number of ether oxygens (including phenoxy) is 1. The number of hydrogen-bond donors (Lipinski definition) is 1. The van der Waals surface area contributed by atoms with Crippen LogP contribution in [0.2, 0.25) is 0 Å². The van der Waals surface area contributed by atoms with Crippen molar-refractivity contribution in [1.29, 1.82) is 5.26 Å². The zero-order chi connectivity index (χ0) is 10.3. The Kier molecular flexibility index (Phi) is 4.75. The molecule has 0 spiro atoms. The maximum atomic E-state index is 10.5. The molecule has 0 aliphatic rings. The molecule has 1 N–H and O–H groups in total. The van der Waals surface area contributed by atoms with Crippen LogP contribution >= 0.6 is 0 Å². The molecular weight excluding hydrogens is 174 g/mol. The van der Waals surface area contributed by atoms with Crippen LogP contribution in [0, 0.1) is 23.7 Å². The third-order valence-electron chi connectivity index (χ3n) is 1.13. The van der Waals surface area contributed by atoms with Crippen LogP contribution < -0.4 is 0 Å². The molecule has 0 aliphatic heterocycles. The summed E-state index contributed by atoms with van der Waals surface area (Å²) in [6.07, 6.45) is 4.25. The topological polar surface area (TPSA) is 87.4 Å². The Morgan fingerprint density at radius 1 is 1.62 bits per heavy atom. The lowest BCUT2D eigenvalue weighted by molar-refractivity contribution is -0.165. The molecule has 0 bridgehead atoms. The molecule has 0 saturated heterocycles. The van der Waals surface area contributed by atoms with E-state index >= 15 is 0 Å². The first kappa shape index (κ1) is 11.0. The zero-order valence-corrected chi connectivity index (χ0v) is 6.69. The molecule has 5 nitrogen and oxygen atoms in total. The van der Waals surface area contributed by atoms with E-state index in [1.807, 2.05) is 0 Å². The van der Waals surface area contributed by atoms with Gasteiger partial charge in [0.25, 0.3) is 0 Å². The van der Waals surface area contributed by atoms with Crippen molar-refractivity contribution in [3.8, 4) is 18.4 Å². The smallest absolute Gasteiger partial charge is 0.418 e. The predicted octanol–water partition coefficient (Wildman–Crippen LogP) is -0.0802. The number of terminal acetylenes is 1. The minimum Gasteiger partial charge on any atom is -0.473 e. The maximum Gasteiger partial charge on any atom is 0.418 e. The summed E-state index contributed by atoms with van der Waals surface area (Å²) in [5, 5.41) is 16.3. The largest absolute Gasteiger partial charge is 0.473 e. The molecule has 1 unspecified atom stereocenters. The fourth-order valence-electron chi connectivity index (χ4n) is 0.552. The predicted molar refractivity (Wildman–Crippen MR) is 41.2 cm³/mol. The average Bonchev–Trinajstić information content (AvgIpc) is 2.11. The van der Waals surface area contributed by atoms with E-state index in [-0.39, 0.29) is 12.8 Å². The van der Waals surface area contributed by atoms with Gasteiger partial charge in [-0.25, -0.2) is 9.59 Å². The van der Waals surface area contributed by atoms with Gasteiger partial charge in [0.15, 0.2) is 6.10 Å². The fraction of sp³-hybridized carbons (Fsp3) is 0.375. The van der Waals surface area contributed by atoms with E-state index in [1.165, 1.54) is 0 Å². The third kappa shape index (κ3) is 4.44. The number of rotatable bonds is 3.